The van der Waals surface area contributed by atoms with Crippen molar-refractivity contribution in [3.05, 3.63) is 71.4 Å². The largest absolute Gasteiger partial charge is 0.497 e. The van der Waals surface area contributed by atoms with Gasteiger partial charge in [0.15, 0.2) is 11.5 Å². The zero-order chi connectivity index (χ0) is 16.9. The molecule has 0 atom stereocenters. The van der Waals surface area contributed by atoms with Gasteiger partial charge in [-0.05, 0) is 36.8 Å². The Hall–Kier alpha value is -3.08. The molecule has 0 unspecified atom stereocenters. The van der Waals surface area contributed by atoms with E-state index in [4.69, 9.17) is 9.26 Å². The summed E-state index contributed by atoms with van der Waals surface area (Å²) in [6.07, 6.45) is 0. The Morgan fingerprint density at radius 2 is 1.83 bits per heavy atom. The normalized spacial score (nSPS) is 10.4. The minimum Gasteiger partial charge on any atom is -0.497 e. The second kappa shape index (κ2) is 7.00. The summed E-state index contributed by atoms with van der Waals surface area (Å²) in [5, 5.41) is 6.68. The molecule has 0 radical (unpaired) electrons. The van der Waals surface area contributed by atoms with Crippen LogP contribution in [-0.4, -0.2) is 18.2 Å². The summed E-state index contributed by atoms with van der Waals surface area (Å²) in [4.78, 5) is 12.2. The summed E-state index contributed by atoms with van der Waals surface area (Å²) in [6.45, 7) is 2.47. The maximum absolute atomic E-state index is 12.2. The maximum atomic E-state index is 12.2. The van der Waals surface area contributed by atoms with Crippen LogP contribution in [0.2, 0.25) is 0 Å². The van der Waals surface area contributed by atoms with Gasteiger partial charge in [-0.15, -0.1) is 0 Å². The van der Waals surface area contributed by atoms with Crippen LogP contribution in [0.5, 0.6) is 5.75 Å². The van der Waals surface area contributed by atoms with Gasteiger partial charge in [0.1, 0.15) is 5.75 Å². The third-order valence-corrected chi connectivity index (χ3v) is 3.69. The average molecular weight is 322 g/mol. The number of benzene rings is 2. The predicted octanol–water partition coefficient (Wildman–Crippen LogP) is 3.59. The number of rotatable bonds is 5. The molecule has 5 nitrogen and oxygen atoms in total. The molecule has 0 bridgehead atoms. The SMILES string of the molecule is COc1ccc(-c2cc(C(=O)NCc3ccc(C)cc3)no2)cc1. The van der Waals surface area contributed by atoms with Crippen molar-refractivity contribution < 1.29 is 14.1 Å². The predicted molar refractivity (Wildman–Crippen MR) is 90.8 cm³/mol. The maximum Gasteiger partial charge on any atom is 0.273 e. The van der Waals surface area contributed by atoms with E-state index in [9.17, 15) is 4.79 Å². The van der Waals surface area contributed by atoms with Crippen LogP contribution >= 0.6 is 0 Å². The molecule has 3 rings (SSSR count). The van der Waals surface area contributed by atoms with Gasteiger partial charge in [-0.25, -0.2) is 0 Å². The van der Waals surface area contributed by atoms with Crippen LogP contribution in [0, 0.1) is 6.92 Å². The lowest BCUT2D eigenvalue weighted by molar-refractivity contribution is 0.0942. The molecule has 0 spiro atoms. The molecule has 5 heteroatoms. The first-order chi connectivity index (χ1) is 11.7. The third kappa shape index (κ3) is 3.63. The number of nitrogens with one attached hydrogen (secondary N) is 1. The van der Waals surface area contributed by atoms with E-state index in [2.05, 4.69) is 10.5 Å². The van der Waals surface area contributed by atoms with E-state index in [1.54, 1.807) is 13.2 Å². The van der Waals surface area contributed by atoms with Crippen molar-refractivity contribution in [1.29, 1.82) is 0 Å². The number of hydrogen-bond acceptors (Lipinski definition) is 4. The van der Waals surface area contributed by atoms with Gasteiger partial charge in [-0.2, -0.15) is 0 Å². The summed E-state index contributed by atoms with van der Waals surface area (Å²) in [5.41, 5.74) is 3.31. The summed E-state index contributed by atoms with van der Waals surface area (Å²) < 4.78 is 10.4. The van der Waals surface area contributed by atoms with Crippen molar-refractivity contribution in [2.75, 3.05) is 7.11 Å². The highest BCUT2D eigenvalue weighted by Gasteiger charge is 2.13. The second-order valence-corrected chi connectivity index (χ2v) is 5.47. The van der Waals surface area contributed by atoms with Crippen LogP contribution in [0.4, 0.5) is 0 Å². The highest BCUT2D eigenvalue weighted by atomic mass is 16.5. The standard InChI is InChI=1S/C19H18N2O3/c1-13-3-5-14(6-4-13)12-20-19(22)17-11-18(24-21-17)15-7-9-16(23-2)10-8-15/h3-11H,12H2,1-2H3,(H,20,22). The van der Waals surface area contributed by atoms with Gasteiger partial charge in [0.2, 0.25) is 0 Å². The van der Waals surface area contributed by atoms with E-state index in [0.29, 0.717) is 12.3 Å². The average Bonchev–Trinajstić information content (AvgIpc) is 3.11. The van der Waals surface area contributed by atoms with Crippen molar-refractivity contribution in [3.63, 3.8) is 0 Å². The minimum absolute atomic E-state index is 0.257. The Morgan fingerprint density at radius 3 is 2.50 bits per heavy atom. The van der Waals surface area contributed by atoms with E-state index in [0.717, 1.165) is 16.9 Å². The molecule has 24 heavy (non-hydrogen) atoms. The van der Waals surface area contributed by atoms with Crippen LogP contribution < -0.4 is 10.1 Å². The third-order valence-electron chi connectivity index (χ3n) is 3.69. The van der Waals surface area contributed by atoms with Crippen LogP contribution in [-0.2, 0) is 6.54 Å². The van der Waals surface area contributed by atoms with Gasteiger partial charge in [0.05, 0.1) is 7.11 Å². The fraction of sp³-hybridized carbons (Fsp3) is 0.158. The van der Waals surface area contributed by atoms with E-state index < -0.39 is 0 Å². The number of hydrogen-bond donors (Lipinski definition) is 1. The quantitative estimate of drug-likeness (QED) is 0.779. The summed E-state index contributed by atoms with van der Waals surface area (Å²) >= 11 is 0. The highest BCUT2D eigenvalue weighted by Crippen LogP contribution is 2.23. The molecule has 122 valence electrons. The molecule has 0 aliphatic heterocycles. The zero-order valence-corrected chi connectivity index (χ0v) is 13.6. The fourth-order valence-electron chi connectivity index (χ4n) is 2.25. The lowest BCUT2D eigenvalue weighted by Crippen LogP contribution is -2.22. The first kappa shape index (κ1) is 15.8. The molecule has 1 heterocycles. The van der Waals surface area contributed by atoms with Crippen molar-refractivity contribution in [2.45, 2.75) is 13.5 Å². The Balaban J connectivity index is 1.65. The molecular formula is C19H18N2O3. The molecule has 0 fully saturated rings. The van der Waals surface area contributed by atoms with Crippen LogP contribution in [0.15, 0.2) is 59.1 Å². The van der Waals surface area contributed by atoms with E-state index in [1.165, 1.54) is 5.56 Å². The first-order valence-electron chi connectivity index (χ1n) is 7.60. The number of methoxy groups -OCH3 is 1. The first-order valence-corrected chi connectivity index (χ1v) is 7.60. The molecule has 0 saturated heterocycles. The topological polar surface area (TPSA) is 64.4 Å². The van der Waals surface area contributed by atoms with Gasteiger partial charge >= 0.3 is 0 Å². The Kier molecular flexibility index (Phi) is 4.61. The minimum atomic E-state index is -0.265. The van der Waals surface area contributed by atoms with Crippen molar-refractivity contribution in [3.8, 4) is 17.1 Å². The molecule has 0 aliphatic carbocycles. The summed E-state index contributed by atoms with van der Waals surface area (Å²) in [7, 11) is 1.61. The van der Waals surface area contributed by atoms with E-state index in [-0.39, 0.29) is 11.6 Å². The monoisotopic (exact) mass is 322 g/mol. The molecule has 1 aromatic heterocycles. The van der Waals surface area contributed by atoms with Gasteiger partial charge in [-0.1, -0.05) is 35.0 Å². The number of carbonyl (C=O) groups is 1. The Labute approximate surface area is 140 Å². The molecular weight excluding hydrogens is 304 g/mol. The molecule has 2 aromatic carbocycles. The lowest BCUT2D eigenvalue weighted by atomic mass is 10.1. The number of aromatic nitrogens is 1. The van der Waals surface area contributed by atoms with E-state index >= 15 is 0 Å². The van der Waals surface area contributed by atoms with Crippen LogP contribution in [0.1, 0.15) is 21.6 Å². The molecule has 0 aliphatic rings. The lowest BCUT2D eigenvalue weighted by Gasteiger charge is -2.03. The van der Waals surface area contributed by atoms with Gasteiger partial charge < -0.3 is 14.6 Å². The summed E-state index contributed by atoms with van der Waals surface area (Å²) in [6, 6.07) is 17.0. The van der Waals surface area contributed by atoms with Crippen LogP contribution in [0.25, 0.3) is 11.3 Å². The highest BCUT2D eigenvalue weighted by molar-refractivity contribution is 5.93. The van der Waals surface area contributed by atoms with Crippen LogP contribution in [0.3, 0.4) is 0 Å². The summed E-state index contributed by atoms with van der Waals surface area (Å²) in [5.74, 6) is 1.03. The van der Waals surface area contributed by atoms with Gasteiger partial charge in [-0.3, -0.25) is 4.79 Å². The number of carbonyl (C=O) groups excluding carboxylic acids is 1. The second-order valence-electron chi connectivity index (χ2n) is 5.47. The zero-order valence-electron chi connectivity index (χ0n) is 13.6. The number of aryl methyl sites for hydroxylation is 1. The Morgan fingerprint density at radius 1 is 1.12 bits per heavy atom. The molecule has 3 aromatic rings. The van der Waals surface area contributed by atoms with E-state index in [1.807, 2.05) is 55.5 Å². The van der Waals surface area contributed by atoms with Crippen molar-refractivity contribution in [2.24, 2.45) is 0 Å². The molecule has 1 amide bonds. The number of amides is 1. The van der Waals surface area contributed by atoms with Crippen molar-refractivity contribution in [1.82, 2.24) is 10.5 Å². The molecule has 0 saturated carbocycles. The Bertz CT molecular complexity index is 821. The van der Waals surface area contributed by atoms with Crippen molar-refractivity contribution >= 4 is 5.91 Å². The molecule has 1 N–H and O–H groups in total. The van der Waals surface area contributed by atoms with Gasteiger partial charge in [0, 0.05) is 18.2 Å². The fourth-order valence-corrected chi connectivity index (χ4v) is 2.25. The number of nitrogens with zero attached hydrogens (tertiary/aromatic N) is 1. The number of ether oxygens (including phenoxy) is 1. The van der Waals surface area contributed by atoms with Gasteiger partial charge in [0.25, 0.3) is 5.91 Å². The smallest absolute Gasteiger partial charge is 0.273 e.